The second-order valence-electron chi connectivity index (χ2n) is 8.99. The number of aryl methyl sites for hydroxylation is 1. The van der Waals surface area contributed by atoms with Crippen molar-refractivity contribution >= 4 is 22.5 Å². The van der Waals surface area contributed by atoms with Gasteiger partial charge in [-0.05, 0) is 58.0 Å². The van der Waals surface area contributed by atoms with Gasteiger partial charge in [0.2, 0.25) is 0 Å². The fourth-order valence-electron chi connectivity index (χ4n) is 3.78. The second kappa shape index (κ2) is 9.25. The van der Waals surface area contributed by atoms with Gasteiger partial charge in [-0.3, -0.25) is 14.5 Å². The molecular formula is C26H27FN4O4. The van der Waals surface area contributed by atoms with Gasteiger partial charge in [0, 0.05) is 35.1 Å². The number of hydrogen-bond acceptors (Lipinski definition) is 6. The standard InChI is InChI=1S/C26H27FN4O4/c1-15-11-20(30-31(15)26(2,3)4)25(32)29-16-7-8-22(18(27)12-16)35-21-9-10-28-19-14-24(34-6)23(33-5)13-17(19)21/h7-14H,1-6H3,(H,29,32). The van der Waals surface area contributed by atoms with Gasteiger partial charge in [-0.15, -0.1) is 0 Å². The van der Waals surface area contributed by atoms with Gasteiger partial charge >= 0.3 is 0 Å². The summed E-state index contributed by atoms with van der Waals surface area (Å²) < 4.78 is 33.2. The molecule has 0 spiro atoms. The summed E-state index contributed by atoms with van der Waals surface area (Å²) in [7, 11) is 3.07. The number of pyridine rings is 1. The van der Waals surface area contributed by atoms with E-state index >= 15 is 0 Å². The van der Waals surface area contributed by atoms with Gasteiger partial charge in [-0.25, -0.2) is 4.39 Å². The highest BCUT2D eigenvalue weighted by atomic mass is 19.1. The van der Waals surface area contributed by atoms with Gasteiger partial charge in [0.05, 0.1) is 25.3 Å². The van der Waals surface area contributed by atoms with Crippen molar-refractivity contribution in [2.75, 3.05) is 19.5 Å². The molecule has 0 radical (unpaired) electrons. The van der Waals surface area contributed by atoms with Crippen LogP contribution in [0.5, 0.6) is 23.0 Å². The van der Waals surface area contributed by atoms with Crippen LogP contribution >= 0.6 is 0 Å². The third-order valence-corrected chi connectivity index (χ3v) is 5.37. The Morgan fingerprint density at radius 3 is 2.31 bits per heavy atom. The van der Waals surface area contributed by atoms with Crippen molar-refractivity contribution < 1.29 is 23.4 Å². The van der Waals surface area contributed by atoms with Crippen molar-refractivity contribution in [2.45, 2.75) is 33.2 Å². The number of aromatic nitrogens is 3. The van der Waals surface area contributed by atoms with Crippen LogP contribution < -0.4 is 19.5 Å². The van der Waals surface area contributed by atoms with Crippen LogP contribution in [0.3, 0.4) is 0 Å². The summed E-state index contributed by atoms with van der Waals surface area (Å²) in [6.45, 7) is 7.89. The molecule has 4 rings (SSSR count). The first-order chi connectivity index (χ1) is 16.6. The van der Waals surface area contributed by atoms with Crippen molar-refractivity contribution in [3.05, 3.63) is 65.9 Å². The van der Waals surface area contributed by atoms with Crippen LogP contribution in [-0.2, 0) is 5.54 Å². The molecule has 1 amide bonds. The lowest BCUT2D eigenvalue weighted by atomic mass is 10.1. The summed E-state index contributed by atoms with van der Waals surface area (Å²) in [5, 5.41) is 7.71. The SMILES string of the molecule is COc1cc2nccc(Oc3ccc(NC(=O)c4cc(C)n(C(C)(C)C)n4)cc3F)c2cc1OC. The Morgan fingerprint density at radius 2 is 1.69 bits per heavy atom. The van der Waals surface area contributed by atoms with E-state index in [1.807, 2.05) is 27.7 Å². The first-order valence-corrected chi connectivity index (χ1v) is 11.0. The van der Waals surface area contributed by atoms with E-state index in [0.717, 1.165) is 5.69 Å². The molecule has 9 heteroatoms. The number of nitrogens with zero attached hydrogens (tertiary/aromatic N) is 3. The van der Waals surface area contributed by atoms with E-state index in [9.17, 15) is 9.18 Å². The number of rotatable bonds is 6. The van der Waals surface area contributed by atoms with Crippen molar-refractivity contribution in [2.24, 2.45) is 0 Å². The van der Waals surface area contributed by atoms with Gasteiger partial charge in [-0.2, -0.15) is 5.10 Å². The highest BCUT2D eigenvalue weighted by molar-refractivity contribution is 6.03. The number of benzene rings is 2. The average Bonchev–Trinajstić information content (AvgIpc) is 3.22. The minimum absolute atomic E-state index is 0.00172. The molecule has 0 aliphatic carbocycles. The zero-order valence-electron chi connectivity index (χ0n) is 20.5. The fraction of sp³-hybridized carbons (Fsp3) is 0.269. The number of methoxy groups -OCH3 is 2. The van der Waals surface area contributed by atoms with Crippen LogP contribution in [0.15, 0.2) is 48.7 Å². The number of amides is 1. The zero-order chi connectivity index (χ0) is 25.3. The van der Waals surface area contributed by atoms with E-state index in [-0.39, 0.29) is 22.7 Å². The van der Waals surface area contributed by atoms with Gasteiger partial charge in [0.15, 0.2) is 28.8 Å². The molecule has 0 unspecified atom stereocenters. The Morgan fingerprint density at radius 1 is 0.971 bits per heavy atom. The van der Waals surface area contributed by atoms with E-state index < -0.39 is 11.7 Å². The molecule has 0 saturated carbocycles. The molecule has 2 aromatic heterocycles. The first kappa shape index (κ1) is 24.0. The van der Waals surface area contributed by atoms with Crippen LogP contribution in [0.25, 0.3) is 10.9 Å². The van der Waals surface area contributed by atoms with Crippen LogP contribution in [0.4, 0.5) is 10.1 Å². The Balaban J connectivity index is 1.56. The molecular weight excluding hydrogens is 451 g/mol. The average molecular weight is 479 g/mol. The van der Waals surface area contributed by atoms with Crippen LogP contribution in [0.1, 0.15) is 37.0 Å². The van der Waals surface area contributed by atoms with Gasteiger partial charge in [0.1, 0.15) is 5.75 Å². The molecule has 0 fully saturated rings. The predicted octanol–water partition coefficient (Wildman–Crippen LogP) is 5.70. The summed E-state index contributed by atoms with van der Waals surface area (Å²) in [6.07, 6.45) is 1.56. The lowest BCUT2D eigenvalue weighted by molar-refractivity contribution is 0.102. The Kier molecular flexibility index (Phi) is 6.34. The number of carbonyl (C=O) groups excluding carboxylic acids is 1. The molecule has 4 aromatic rings. The molecule has 0 saturated heterocycles. The Bertz CT molecular complexity index is 1410. The highest BCUT2D eigenvalue weighted by Crippen LogP contribution is 2.37. The van der Waals surface area contributed by atoms with Crippen molar-refractivity contribution in [3.8, 4) is 23.0 Å². The predicted molar refractivity (Wildman–Crippen MR) is 131 cm³/mol. The third-order valence-electron chi connectivity index (χ3n) is 5.37. The lowest BCUT2D eigenvalue weighted by Gasteiger charge is -2.21. The largest absolute Gasteiger partial charge is 0.493 e. The molecule has 35 heavy (non-hydrogen) atoms. The van der Waals surface area contributed by atoms with E-state index in [1.165, 1.54) is 26.4 Å². The molecule has 0 bridgehead atoms. The molecule has 0 atom stereocenters. The summed E-state index contributed by atoms with van der Waals surface area (Å²) in [6, 6.07) is 11.0. The topological polar surface area (TPSA) is 87.5 Å². The molecule has 182 valence electrons. The maximum atomic E-state index is 14.9. The Labute approximate surface area is 202 Å². The molecule has 0 aliphatic rings. The number of nitrogens with one attached hydrogen (secondary N) is 1. The molecule has 2 aromatic carbocycles. The first-order valence-electron chi connectivity index (χ1n) is 11.0. The monoisotopic (exact) mass is 478 g/mol. The van der Waals surface area contributed by atoms with E-state index in [2.05, 4.69) is 15.4 Å². The van der Waals surface area contributed by atoms with Crippen molar-refractivity contribution in [3.63, 3.8) is 0 Å². The molecule has 8 nitrogen and oxygen atoms in total. The summed E-state index contributed by atoms with van der Waals surface area (Å²) in [5.41, 5.74) is 1.74. The highest BCUT2D eigenvalue weighted by Gasteiger charge is 2.21. The van der Waals surface area contributed by atoms with Gasteiger partial charge in [-0.1, -0.05) is 0 Å². The van der Waals surface area contributed by atoms with E-state index in [4.69, 9.17) is 14.2 Å². The van der Waals surface area contributed by atoms with Gasteiger partial charge < -0.3 is 19.5 Å². The summed E-state index contributed by atoms with van der Waals surface area (Å²) in [4.78, 5) is 17.0. The molecule has 2 heterocycles. The maximum Gasteiger partial charge on any atom is 0.276 e. The summed E-state index contributed by atoms with van der Waals surface area (Å²) in [5.74, 6) is 0.363. The quantitative estimate of drug-likeness (QED) is 0.383. The maximum absolute atomic E-state index is 14.9. The van der Waals surface area contributed by atoms with Crippen molar-refractivity contribution in [1.29, 1.82) is 0 Å². The third kappa shape index (κ3) is 4.89. The number of anilines is 1. The number of halogens is 1. The second-order valence-corrected chi connectivity index (χ2v) is 8.99. The number of fused-ring (bicyclic) bond motifs is 1. The minimum Gasteiger partial charge on any atom is -0.493 e. The van der Waals surface area contributed by atoms with Crippen LogP contribution in [0.2, 0.25) is 0 Å². The van der Waals surface area contributed by atoms with Crippen LogP contribution in [-0.4, -0.2) is 34.9 Å². The van der Waals surface area contributed by atoms with Crippen LogP contribution in [0, 0.1) is 12.7 Å². The number of ether oxygens (including phenoxy) is 3. The summed E-state index contributed by atoms with van der Waals surface area (Å²) >= 11 is 0. The fourth-order valence-corrected chi connectivity index (χ4v) is 3.78. The van der Waals surface area contributed by atoms with E-state index in [1.54, 1.807) is 41.2 Å². The minimum atomic E-state index is -0.635. The zero-order valence-corrected chi connectivity index (χ0v) is 20.5. The van der Waals surface area contributed by atoms with E-state index in [0.29, 0.717) is 28.2 Å². The normalized spacial score (nSPS) is 11.4. The molecule has 0 aliphatic heterocycles. The number of carbonyl (C=O) groups is 1. The molecule has 1 N–H and O–H groups in total. The number of hydrogen-bond donors (Lipinski definition) is 1. The van der Waals surface area contributed by atoms with Crippen molar-refractivity contribution in [1.82, 2.24) is 14.8 Å². The Hall–Kier alpha value is -4.14. The lowest BCUT2D eigenvalue weighted by Crippen LogP contribution is -2.25. The smallest absolute Gasteiger partial charge is 0.276 e. The van der Waals surface area contributed by atoms with Gasteiger partial charge in [0.25, 0.3) is 5.91 Å².